The molecule has 0 radical (unpaired) electrons. The van der Waals surface area contributed by atoms with Crippen LogP contribution in [0.2, 0.25) is 0 Å². The van der Waals surface area contributed by atoms with Crippen molar-refractivity contribution in [2.75, 3.05) is 19.8 Å². The largest absolute Gasteiger partial charge is 0.487 e. The van der Waals surface area contributed by atoms with E-state index >= 15 is 0 Å². The molecule has 17 atom stereocenters. The number of rotatable bonds is 13. The minimum absolute atomic E-state index is 0.0597. The average molecular weight is 801 g/mol. The fourth-order valence-corrected chi connectivity index (χ4v) is 8.64. The van der Waals surface area contributed by atoms with E-state index in [4.69, 9.17) is 33.2 Å². The minimum atomic E-state index is -1.93. The lowest BCUT2D eigenvalue weighted by atomic mass is 9.68. The van der Waals surface area contributed by atoms with Crippen LogP contribution in [-0.4, -0.2) is 169 Å². The maximum atomic E-state index is 11.5. The number of aliphatic hydroxyl groups excluding tert-OH is 10. The summed E-state index contributed by atoms with van der Waals surface area (Å²) in [5.74, 6) is 1.16. The van der Waals surface area contributed by atoms with Gasteiger partial charge in [0, 0.05) is 17.4 Å². The zero-order chi connectivity index (χ0) is 40.6. The van der Waals surface area contributed by atoms with Gasteiger partial charge in [-0.25, -0.2) is 0 Å². The molecule has 0 saturated carbocycles. The number of aliphatic hydroxyl groups is 10. The third kappa shape index (κ3) is 8.64. The molecule has 17 heteroatoms. The number of aryl methyl sites for hydroxylation is 1. The van der Waals surface area contributed by atoms with Gasteiger partial charge in [-0.05, 0) is 64.2 Å². The Bertz CT molecular complexity index is 1490. The van der Waals surface area contributed by atoms with Gasteiger partial charge < -0.3 is 84.2 Å². The molecule has 0 aromatic heterocycles. The van der Waals surface area contributed by atoms with E-state index in [0.29, 0.717) is 11.5 Å². The molecule has 0 spiro atoms. The van der Waals surface area contributed by atoms with E-state index < -0.39 is 118 Å². The average Bonchev–Trinajstić information content (AvgIpc) is 3.16. The first-order valence-corrected chi connectivity index (χ1v) is 19.7. The van der Waals surface area contributed by atoms with Crippen LogP contribution in [0.15, 0.2) is 23.8 Å². The number of hydrogen-bond donors (Lipinski definition) is 10. The molecule has 0 unspecified atom stereocenters. The van der Waals surface area contributed by atoms with Crippen molar-refractivity contribution < 1.29 is 84.2 Å². The summed E-state index contributed by atoms with van der Waals surface area (Å²) in [6.07, 6.45) is -17.4. The van der Waals surface area contributed by atoms with Crippen LogP contribution in [0.25, 0.3) is 0 Å². The van der Waals surface area contributed by atoms with Crippen molar-refractivity contribution in [2.24, 2.45) is 5.92 Å². The Kier molecular flexibility index (Phi) is 14.0. The standard InChI is InChI=1S/C39H60O17/c1-5-6-7-8-18-12-21(26-19-11-17(2)9-10-20(19)39(3,4)56-22(26)13-18)50-36-32(48)30(46)34(25(16-42)53-36)54-38-33(49)35(28(44)24(15-41)52-38)55-37-31(47)29(45)27(43)23(14-40)51-37/h11-13,19-20,23-25,27-38,40-49H,5-10,14-16H2,1-4H3/t19-,20-,23-,24-,25-,27-,28-,29+,30-,31-,32-,33-,34-,35+,36-,37+,38+/m1/s1. The minimum Gasteiger partial charge on any atom is -0.487 e. The molecular weight excluding hydrogens is 740 g/mol. The predicted molar refractivity (Wildman–Crippen MR) is 193 cm³/mol. The highest BCUT2D eigenvalue weighted by atomic mass is 16.8. The topological polar surface area (TPSA) is 267 Å². The summed E-state index contributed by atoms with van der Waals surface area (Å²) in [5, 5.41) is 106. The molecule has 1 aliphatic carbocycles. The molecule has 17 nitrogen and oxygen atoms in total. The van der Waals surface area contributed by atoms with E-state index in [2.05, 4.69) is 33.8 Å². The van der Waals surface area contributed by atoms with Crippen LogP contribution in [0.3, 0.4) is 0 Å². The van der Waals surface area contributed by atoms with Crippen LogP contribution in [0.5, 0.6) is 11.5 Å². The molecule has 3 saturated heterocycles. The molecule has 0 bridgehead atoms. The molecular formula is C39H60O17. The van der Waals surface area contributed by atoms with Crippen LogP contribution in [0.4, 0.5) is 0 Å². The van der Waals surface area contributed by atoms with Crippen molar-refractivity contribution in [3.63, 3.8) is 0 Å². The molecule has 56 heavy (non-hydrogen) atoms. The number of benzene rings is 1. The van der Waals surface area contributed by atoms with Gasteiger partial charge in [0.15, 0.2) is 12.6 Å². The molecule has 0 amide bonds. The lowest BCUT2D eigenvalue weighted by Gasteiger charge is -2.48. The Morgan fingerprint density at radius 2 is 1.30 bits per heavy atom. The molecule has 6 rings (SSSR count). The number of allylic oxidation sites excluding steroid dienone is 2. The van der Waals surface area contributed by atoms with E-state index in [1.54, 1.807) is 0 Å². The van der Waals surface area contributed by atoms with Crippen molar-refractivity contribution in [3.8, 4) is 11.5 Å². The highest BCUT2D eigenvalue weighted by molar-refractivity contribution is 5.54. The number of ether oxygens (including phenoxy) is 7. The number of hydrogen-bond acceptors (Lipinski definition) is 17. The second-order valence-electron chi connectivity index (χ2n) is 16.3. The Balaban J connectivity index is 1.23. The highest BCUT2D eigenvalue weighted by Gasteiger charge is 2.54. The molecule has 5 aliphatic rings. The summed E-state index contributed by atoms with van der Waals surface area (Å²) in [6.45, 7) is 6.07. The Morgan fingerprint density at radius 3 is 1.96 bits per heavy atom. The van der Waals surface area contributed by atoms with E-state index in [1.807, 2.05) is 12.1 Å². The lowest BCUT2D eigenvalue weighted by Crippen LogP contribution is -2.67. The van der Waals surface area contributed by atoms with Gasteiger partial charge in [-0.3, -0.25) is 0 Å². The fourth-order valence-electron chi connectivity index (χ4n) is 8.64. The van der Waals surface area contributed by atoms with Crippen LogP contribution in [0.1, 0.15) is 76.8 Å². The van der Waals surface area contributed by atoms with Gasteiger partial charge in [-0.2, -0.15) is 0 Å². The van der Waals surface area contributed by atoms with Crippen molar-refractivity contribution in [1.82, 2.24) is 0 Å². The van der Waals surface area contributed by atoms with Crippen LogP contribution in [0, 0.1) is 5.92 Å². The zero-order valence-corrected chi connectivity index (χ0v) is 32.2. The van der Waals surface area contributed by atoms with E-state index in [9.17, 15) is 51.1 Å². The second-order valence-corrected chi connectivity index (χ2v) is 16.3. The van der Waals surface area contributed by atoms with E-state index in [0.717, 1.165) is 49.7 Å². The Hall–Kier alpha value is -2.04. The van der Waals surface area contributed by atoms with Gasteiger partial charge >= 0.3 is 0 Å². The smallest absolute Gasteiger partial charge is 0.229 e. The van der Waals surface area contributed by atoms with Gasteiger partial charge in [0.1, 0.15) is 90.3 Å². The monoisotopic (exact) mass is 800 g/mol. The summed E-state index contributed by atoms with van der Waals surface area (Å²) >= 11 is 0. The summed E-state index contributed by atoms with van der Waals surface area (Å²) in [7, 11) is 0. The SMILES string of the molecule is CCCCCc1cc(O[C@@H]2O[C@H](CO)[C@@H](O[C@@H]3O[C@H](CO)[C@@H](O)[C@H](O[C@@H]4O[C@H](CO)[C@@H](O)[C@H](O)[C@H]4O)[C@H]3O)[C@H](O)[C@H]2O)c2c(c1)OC(C)(C)[C@@H]1CCC(C)=C[C@@H]21. The second kappa shape index (κ2) is 18.1. The Morgan fingerprint density at radius 1 is 0.696 bits per heavy atom. The van der Waals surface area contributed by atoms with Crippen molar-refractivity contribution in [2.45, 2.75) is 170 Å². The normalized spacial score (nSPS) is 42.2. The van der Waals surface area contributed by atoms with Gasteiger partial charge in [-0.1, -0.05) is 31.4 Å². The quantitative estimate of drug-likeness (QED) is 0.0835. The Labute approximate surface area is 325 Å². The maximum Gasteiger partial charge on any atom is 0.229 e. The summed E-state index contributed by atoms with van der Waals surface area (Å²) in [6, 6.07) is 3.95. The molecule has 4 heterocycles. The molecule has 3 fully saturated rings. The van der Waals surface area contributed by atoms with Gasteiger partial charge in [-0.15, -0.1) is 0 Å². The van der Waals surface area contributed by atoms with E-state index in [1.165, 1.54) is 5.57 Å². The summed E-state index contributed by atoms with van der Waals surface area (Å²) in [5.41, 5.74) is 2.54. The van der Waals surface area contributed by atoms with Crippen molar-refractivity contribution >= 4 is 0 Å². The highest BCUT2D eigenvalue weighted by Crippen LogP contribution is 2.54. The first-order chi connectivity index (χ1) is 26.6. The fraction of sp³-hybridized carbons (Fsp3) is 0.795. The maximum absolute atomic E-state index is 11.5. The summed E-state index contributed by atoms with van der Waals surface area (Å²) < 4.78 is 41.7. The number of fused-ring (bicyclic) bond motifs is 3. The van der Waals surface area contributed by atoms with Crippen molar-refractivity contribution in [3.05, 3.63) is 34.9 Å². The molecule has 1 aromatic carbocycles. The summed E-state index contributed by atoms with van der Waals surface area (Å²) in [4.78, 5) is 0. The molecule has 318 valence electrons. The van der Waals surface area contributed by atoms with Crippen molar-refractivity contribution in [1.29, 1.82) is 0 Å². The molecule has 4 aliphatic heterocycles. The lowest BCUT2D eigenvalue weighted by molar-refractivity contribution is -0.377. The third-order valence-electron chi connectivity index (χ3n) is 11.9. The first kappa shape index (κ1) is 43.5. The van der Waals surface area contributed by atoms with Crippen LogP contribution >= 0.6 is 0 Å². The van der Waals surface area contributed by atoms with Gasteiger partial charge in [0.25, 0.3) is 0 Å². The third-order valence-corrected chi connectivity index (χ3v) is 11.9. The predicted octanol–water partition coefficient (Wildman–Crippen LogP) is -1.14. The van der Waals surface area contributed by atoms with Crippen LogP contribution < -0.4 is 9.47 Å². The van der Waals surface area contributed by atoms with Crippen LogP contribution in [-0.2, 0) is 30.1 Å². The number of unbranched alkanes of at least 4 members (excludes halogenated alkanes) is 2. The van der Waals surface area contributed by atoms with Gasteiger partial charge in [0.05, 0.1) is 19.8 Å². The molecule has 1 aromatic rings. The zero-order valence-electron chi connectivity index (χ0n) is 32.2. The molecule has 10 N–H and O–H groups in total. The van der Waals surface area contributed by atoms with E-state index in [-0.39, 0.29) is 11.8 Å². The van der Waals surface area contributed by atoms with Gasteiger partial charge in [0.2, 0.25) is 6.29 Å². The first-order valence-electron chi connectivity index (χ1n) is 19.7.